The Balaban J connectivity index is 2.81. The molecular formula is C19H33F3N4O4. The summed E-state index contributed by atoms with van der Waals surface area (Å²) in [5.74, 6) is -0.455. The molecule has 1 rings (SSSR count). The minimum atomic E-state index is -4.50. The molecule has 2 amide bonds. The van der Waals surface area contributed by atoms with Crippen LogP contribution in [0.25, 0.3) is 0 Å². The highest BCUT2D eigenvalue weighted by molar-refractivity contribution is 5.80. The summed E-state index contributed by atoms with van der Waals surface area (Å²) in [6, 6.07) is -3.51. The van der Waals surface area contributed by atoms with E-state index in [1.807, 2.05) is 0 Å². The van der Waals surface area contributed by atoms with Gasteiger partial charge in [0.15, 0.2) is 0 Å². The Hall–Kier alpha value is -1.88. The number of aldehydes is 1. The number of ether oxygens (including phenoxy) is 1. The molecule has 0 bridgehead atoms. The van der Waals surface area contributed by atoms with Crippen LogP contribution in [0.5, 0.6) is 0 Å². The van der Waals surface area contributed by atoms with Gasteiger partial charge >= 0.3 is 12.3 Å². The lowest BCUT2D eigenvalue weighted by atomic mass is 10.1. The molecule has 1 aliphatic heterocycles. The van der Waals surface area contributed by atoms with Gasteiger partial charge in [0.1, 0.15) is 24.0 Å². The van der Waals surface area contributed by atoms with Gasteiger partial charge in [-0.25, -0.2) is 4.79 Å². The summed E-state index contributed by atoms with van der Waals surface area (Å²) in [7, 11) is 1.73. The van der Waals surface area contributed by atoms with E-state index < -0.39 is 41.9 Å². The summed E-state index contributed by atoms with van der Waals surface area (Å²) < 4.78 is 45.2. The molecule has 4 atom stereocenters. The Bertz CT molecular complexity index is 610. The maximum atomic E-state index is 13.4. The van der Waals surface area contributed by atoms with Gasteiger partial charge in [0.05, 0.1) is 6.04 Å². The number of amides is 2. The number of carbonyl (C=O) groups is 3. The number of nitrogens with two attached hydrogens (primary N) is 1. The smallest absolute Gasteiger partial charge is 0.408 e. The molecule has 0 aromatic carbocycles. The van der Waals surface area contributed by atoms with E-state index in [9.17, 15) is 27.6 Å². The number of rotatable bonds is 9. The lowest BCUT2D eigenvalue weighted by molar-refractivity contribution is -0.180. The fourth-order valence-corrected chi connectivity index (χ4v) is 3.50. The van der Waals surface area contributed by atoms with Gasteiger partial charge in [-0.2, -0.15) is 13.2 Å². The topological polar surface area (TPSA) is 105 Å². The molecule has 8 nitrogen and oxygen atoms in total. The van der Waals surface area contributed by atoms with Crippen LogP contribution in [-0.4, -0.2) is 84.2 Å². The molecule has 0 spiro atoms. The van der Waals surface area contributed by atoms with Gasteiger partial charge in [0, 0.05) is 19.1 Å². The highest BCUT2D eigenvalue weighted by Gasteiger charge is 2.41. The minimum Gasteiger partial charge on any atom is -0.444 e. The van der Waals surface area contributed by atoms with Crippen molar-refractivity contribution in [1.29, 1.82) is 0 Å². The molecule has 0 aromatic heterocycles. The Morgan fingerprint density at radius 1 is 1.30 bits per heavy atom. The number of hydrogen-bond acceptors (Lipinski definition) is 6. The van der Waals surface area contributed by atoms with Gasteiger partial charge in [-0.05, 0) is 54.0 Å². The average Bonchev–Trinajstić information content (AvgIpc) is 2.95. The average molecular weight is 438 g/mol. The van der Waals surface area contributed by atoms with E-state index in [0.29, 0.717) is 25.5 Å². The van der Waals surface area contributed by atoms with Crippen LogP contribution in [0.1, 0.15) is 47.0 Å². The van der Waals surface area contributed by atoms with Crippen molar-refractivity contribution in [3.63, 3.8) is 0 Å². The molecule has 1 saturated heterocycles. The quantitative estimate of drug-likeness (QED) is 0.531. The monoisotopic (exact) mass is 438 g/mol. The van der Waals surface area contributed by atoms with Gasteiger partial charge in [0.25, 0.3) is 0 Å². The molecule has 0 aromatic rings. The number of nitrogens with zero attached hydrogens (tertiary/aromatic N) is 2. The van der Waals surface area contributed by atoms with Crippen molar-refractivity contribution >= 4 is 18.3 Å². The predicted octanol–water partition coefficient (Wildman–Crippen LogP) is 1.67. The third kappa shape index (κ3) is 8.10. The first-order valence-corrected chi connectivity index (χ1v) is 9.92. The Morgan fingerprint density at radius 3 is 2.33 bits per heavy atom. The number of halogens is 3. The number of likely N-dealkylation sites (tertiary alicyclic amines) is 1. The molecule has 0 aliphatic carbocycles. The van der Waals surface area contributed by atoms with Crippen LogP contribution in [0.4, 0.5) is 18.0 Å². The molecule has 1 fully saturated rings. The van der Waals surface area contributed by atoms with Gasteiger partial charge in [-0.15, -0.1) is 0 Å². The van der Waals surface area contributed by atoms with Crippen molar-refractivity contribution in [3.8, 4) is 0 Å². The Labute approximate surface area is 175 Å². The number of alkyl halides is 3. The standard InChI is InChI=1S/C19H33F3N4O4/c1-12(19(20,21)22)26(9-8-14-6-7-15(16(23)28)25(14)5)10-13(11-27)24-17(29)30-18(2,3)4/h11-15H,6-10H2,1-5H3,(H2,23,28)(H,24,29). The highest BCUT2D eigenvalue weighted by Crippen LogP contribution is 2.28. The number of nitrogens with one attached hydrogen (secondary N) is 1. The van der Waals surface area contributed by atoms with E-state index in [1.165, 1.54) is 0 Å². The Morgan fingerprint density at radius 2 is 1.90 bits per heavy atom. The van der Waals surface area contributed by atoms with Crippen LogP contribution in [-0.2, 0) is 14.3 Å². The minimum absolute atomic E-state index is 0.0293. The first-order chi connectivity index (χ1) is 13.7. The molecular weight excluding hydrogens is 405 g/mol. The van der Waals surface area contributed by atoms with Gasteiger partial charge < -0.3 is 20.6 Å². The van der Waals surface area contributed by atoms with Gasteiger partial charge in [0.2, 0.25) is 5.91 Å². The second-order valence-electron chi connectivity index (χ2n) is 8.70. The Kier molecular flexibility index (Phi) is 9.09. The summed E-state index contributed by atoms with van der Waals surface area (Å²) in [5, 5.41) is 2.31. The van der Waals surface area contributed by atoms with Crippen molar-refractivity contribution in [2.75, 3.05) is 20.1 Å². The van der Waals surface area contributed by atoms with Crippen molar-refractivity contribution in [1.82, 2.24) is 15.1 Å². The van der Waals surface area contributed by atoms with E-state index in [-0.39, 0.29) is 19.1 Å². The maximum Gasteiger partial charge on any atom is 0.408 e. The number of alkyl carbamates (subject to hydrolysis) is 1. The summed E-state index contributed by atoms with van der Waals surface area (Å²) in [6.07, 6.45) is -3.42. The third-order valence-corrected chi connectivity index (χ3v) is 5.24. The van der Waals surface area contributed by atoms with E-state index in [0.717, 1.165) is 11.8 Å². The fourth-order valence-electron chi connectivity index (χ4n) is 3.50. The van der Waals surface area contributed by atoms with Crippen LogP contribution in [0, 0.1) is 0 Å². The molecule has 174 valence electrons. The second-order valence-corrected chi connectivity index (χ2v) is 8.70. The van der Waals surface area contributed by atoms with Crippen LogP contribution in [0.2, 0.25) is 0 Å². The van der Waals surface area contributed by atoms with Crippen molar-refractivity contribution in [2.24, 2.45) is 5.73 Å². The number of primary amides is 1. The number of hydrogen-bond donors (Lipinski definition) is 2. The molecule has 0 radical (unpaired) electrons. The molecule has 1 heterocycles. The first kappa shape index (κ1) is 26.2. The summed E-state index contributed by atoms with van der Waals surface area (Å²) in [4.78, 5) is 37.7. The maximum absolute atomic E-state index is 13.4. The van der Waals surface area contributed by atoms with E-state index in [2.05, 4.69) is 5.32 Å². The largest absolute Gasteiger partial charge is 0.444 e. The molecule has 0 saturated carbocycles. The zero-order valence-electron chi connectivity index (χ0n) is 18.2. The van der Waals surface area contributed by atoms with E-state index >= 15 is 0 Å². The first-order valence-electron chi connectivity index (χ1n) is 9.92. The van der Waals surface area contributed by atoms with Crippen molar-refractivity contribution < 1.29 is 32.3 Å². The summed E-state index contributed by atoms with van der Waals surface area (Å²) in [6.45, 7) is 5.63. The van der Waals surface area contributed by atoms with Crippen LogP contribution < -0.4 is 11.1 Å². The summed E-state index contributed by atoms with van der Waals surface area (Å²) >= 11 is 0. The van der Waals surface area contributed by atoms with E-state index in [4.69, 9.17) is 10.5 Å². The molecule has 30 heavy (non-hydrogen) atoms. The highest BCUT2D eigenvalue weighted by atomic mass is 19.4. The van der Waals surface area contributed by atoms with Gasteiger partial charge in [-0.1, -0.05) is 0 Å². The number of carbonyl (C=O) groups excluding carboxylic acids is 3. The van der Waals surface area contributed by atoms with Crippen molar-refractivity contribution in [2.45, 2.75) is 82.9 Å². The zero-order chi connectivity index (χ0) is 23.3. The second kappa shape index (κ2) is 10.4. The van der Waals surface area contributed by atoms with Gasteiger partial charge in [-0.3, -0.25) is 14.6 Å². The fraction of sp³-hybridized carbons (Fsp3) is 0.842. The predicted molar refractivity (Wildman–Crippen MR) is 105 cm³/mol. The van der Waals surface area contributed by atoms with Crippen molar-refractivity contribution in [3.05, 3.63) is 0 Å². The SMILES string of the molecule is CC(N(CCC1CCC(C(N)=O)N1C)CC(C=O)NC(=O)OC(C)(C)C)C(F)(F)F. The normalized spacial score (nSPS) is 22.6. The van der Waals surface area contributed by atoms with Crippen LogP contribution in [0.3, 0.4) is 0 Å². The number of likely N-dealkylation sites (N-methyl/N-ethyl adjacent to an activating group) is 1. The molecule has 11 heteroatoms. The third-order valence-electron chi connectivity index (χ3n) is 5.24. The molecule has 4 unspecified atom stereocenters. The lowest BCUT2D eigenvalue weighted by Crippen LogP contribution is -2.53. The molecule has 1 aliphatic rings. The molecule has 3 N–H and O–H groups in total. The van der Waals surface area contributed by atoms with E-state index in [1.54, 1.807) is 32.7 Å². The lowest BCUT2D eigenvalue weighted by Gasteiger charge is -2.34. The zero-order valence-corrected chi connectivity index (χ0v) is 18.2. The van der Waals surface area contributed by atoms with Crippen LogP contribution >= 0.6 is 0 Å². The summed E-state index contributed by atoms with van der Waals surface area (Å²) in [5.41, 5.74) is 4.55. The van der Waals surface area contributed by atoms with Crippen LogP contribution in [0.15, 0.2) is 0 Å².